The quantitative estimate of drug-likeness (QED) is 0.573. The standard InChI is InChI=1S/C22H25NO3/c1-15(2)26-21-13-6-16(3)14-19(21)11-12-20(24)17-7-9-18(10-8-17)22(25)23(4)5/h6-15H,1-5H3/b12-11+. The minimum Gasteiger partial charge on any atom is -0.490 e. The monoisotopic (exact) mass is 351 g/mol. The van der Waals surface area contributed by atoms with Crippen LogP contribution in [0.1, 0.15) is 45.7 Å². The molecule has 0 radical (unpaired) electrons. The molecule has 0 spiro atoms. The smallest absolute Gasteiger partial charge is 0.253 e. The van der Waals surface area contributed by atoms with Crippen LogP contribution in [0.25, 0.3) is 6.08 Å². The summed E-state index contributed by atoms with van der Waals surface area (Å²) in [6.45, 7) is 5.93. The fourth-order valence-corrected chi connectivity index (χ4v) is 2.46. The highest BCUT2D eigenvalue weighted by Crippen LogP contribution is 2.23. The van der Waals surface area contributed by atoms with Crippen molar-refractivity contribution < 1.29 is 14.3 Å². The predicted octanol–water partition coefficient (Wildman–Crippen LogP) is 4.38. The average molecular weight is 351 g/mol. The van der Waals surface area contributed by atoms with Crippen molar-refractivity contribution >= 4 is 17.8 Å². The van der Waals surface area contributed by atoms with E-state index in [0.717, 1.165) is 16.9 Å². The van der Waals surface area contributed by atoms with Gasteiger partial charge < -0.3 is 9.64 Å². The van der Waals surface area contributed by atoms with Crippen LogP contribution in [-0.4, -0.2) is 36.8 Å². The molecule has 0 fully saturated rings. The lowest BCUT2D eigenvalue weighted by molar-refractivity contribution is 0.0827. The zero-order valence-electron chi connectivity index (χ0n) is 15.9. The number of hydrogen-bond acceptors (Lipinski definition) is 3. The lowest BCUT2D eigenvalue weighted by Gasteiger charge is -2.13. The molecule has 2 rings (SSSR count). The van der Waals surface area contributed by atoms with E-state index in [0.29, 0.717) is 11.1 Å². The molecular weight excluding hydrogens is 326 g/mol. The average Bonchev–Trinajstić information content (AvgIpc) is 2.60. The molecule has 136 valence electrons. The largest absolute Gasteiger partial charge is 0.490 e. The molecule has 0 aliphatic rings. The Bertz CT molecular complexity index is 818. The summed E-state index contributed by atoms with van der Waals surface area (Å²) in [5.74, 6) is 0.544. The third-order valence-corrected chi connectivity index (χ3v) is 3.76. The van der Waals surface area contributed by atoms with Gasteiger partial charge >= 0.3 is 0 Å². The molecule has 0 saturated heterocycles. The van der Waals surface area contributed by atoms with Crippen LogP contribution in [0.4, 0.5) is 0 Å². The molecule has 0 atom stereocenters. The topological polar surface area (TPSA) is 46.6 Å². The Labute approximate surface area is 155 Å². The zero-order valence-corrected chi connectivity index (χ0v) is 15.9. The van der Waals surface area contributed by atoms with Crippen molar-refractivity contribution in [1.82, 2.24) is 4.90 Å². The maximum atomic E-state index is 12.4. The van der Waals surface area contributed by atoms with Crippen molar-refractivity contribution in [2.24, 2.45) is 0 Å². The van der Waals surface area contributed by atoms with Crippen molar-refractivity contribution in [2.75, 3.05) is 14.1 Å². The first kappa shape index (κ1) is 19.4. The number of nitrogens with zero attached hydrogens (tertiary/aromatic N) is 1. The molecule has 4 nitrogen and oxygen atoms in total. The summed E-state index contributed by atoms with van der Waals surface area (Å²) < 4.78 is 5.80. The number of allylic oxidation sites excluding steroid dienone is 1. The Morgan fingerprint density at radius 1 is 1.00 bits per heavy atom. The Morgan fingerprint density at radius 3 is 2.19 bits per heavy atom. The zero-order chi connectivity index (χ0) is 19.3. The van der Waals surface area contributed by atoms with Crippen LogP contribution < -0.4 is 4.74 Å². The minimum absolute atomic E-state index is 0.0577. The van der Waals surface area contributed by atoms with Gasteiger partial charge in [-0.2, -0.15) is 0 Å². The van der Waals surface area contributed by atoms with E-state index >= 15 is 0 Å². The van der Waals surface area contributed by atoms with Crippen molar-refractivity contribution in [2.45, 2.75) is 26.9 Å². The number of amides is 1. The summed E-state index contributed by atoms with van der Waals surface area (Å²) in [6.07, 6.45) is 3.36. The second-order valence-electron chi connectivity index (χ2n) is 6.68. The van der Waals surface area contributed by atoms with Crippen LogP contribution in [0.15, 0.2) is 48.5 Å². The second-order valence-corrected chi connectivity index (χ2v) is 6.68. The van der Waals surface area contributed by atoms with Crippen LogP contribution in [0.2, 0.25) is 0 Å². The van der Waals surface area contributed by atoms with Crippen LogP contribution in [0.5, 0.6) is 5.75 Å². The summed E-state index contributed by atoms with van der Waals surface area (Å²) in [5.41, 5.74) is 3.06. The van der Waals surface area contributed by atoms with E-state index in [9.17, 15) is 9.59 Å². The molecule has 2 aromatic carbocycles. The van der Waals surface area contributed by atoms with Crippen molar-refractivity contribution in [3.05, 3.63) is 70.8 Å². The molecule has 0 aliphatic heterocycles. The Morgan fingerprint density at radius 2 is 1.62 bits per heavy atom. The van der Waals surface area contributed by atoms with E-state index < -0.39 is 0 Å². The summed E-state index contributed by atoms with van der Waals surface area (Å²) in [6, 6.07) is 12.6. The minimum atomic E-state index is -0.120. The first-order valence-electron chi connectivity index (χ1n) is 8.59. The van der Waals surface area contributed by atoms with E-state index in [4.69, 9.17) is 4.74 Å². The van der Waals surface area contributed by atoms with Gasteiger partial charge in [-0.1, -0.05) is 23.8 Å². The fraction of sp³-hybridized carbons (Fsp3) is 0.273. The summed E-state index contributed by atoms with van der Waals surface area (Å²) >= 11 is 0. The highest BCUT2D eigenvalue weighted by atomic mass is 16.5. The number of hydrogen-bond donors (Lipinski definition) is 0. The van der Waals surface area contributed by atoms with Gasteiger partial charge in [-0.15, -0.1) is 0 Å². The van der Waals surface area contributed by atoms with Gasteiger partial charge in [-0.05, 0) is 57.2 Å². The Hall–Kier alpha value is -2.88. The third kappa shape index (κ3) is 5.06. The van der Waals surface area contributed by atoms with Gasteiger partial charge in [0, 0.05) is 30.8 Å². The predicted molar refractivity (Wildman–Crippen MR) is 105 cm³/mol. The van der Waals surface area contributed by atoms with Gasteiger partial charge in [0.1, 0.15) is 5.75 Å². The number of rotatable bonds is 6. The lowest BCUT2D eigenvalue weighted by Crippen LogP contribution is -2.21. The molecule has 0 heterocycles. The van der Waals surface area contributed by atoms with Gasteiger partial charge in [0.25, 0.3) is 5.91 Å². The van der Waals surface area contributed by atoms with E-state index in [1.54, 1.807) is 44.4 Å². The number of ketones is 1. The maximum Gasteiger partial charge on any atom is 0.253 e. The van der Waals surface area contributed by atoms with E-state index in [-0.39, 0.29) is 17.8 Å². The lowest BCUT2D eigenvalue weighted by atomic mass is 10.1. The normalized spacial score (nSPS) is 11.0. The van der Waals surface area contributed by atoms with Gasteiger partial charge in [-0.3, -0.25) is 9.59 Å². The molecule has 2 aromatic rings. The van der Waals surface area contributed by atoms with E-state index in [1.165, 1.54) is 11.0 Å². The molecule has 4 heteroatoms. The summed E-state index contributed by atoms with van der Waals surface area (Å²) in [5, 5.41) is 0. The number of ether oxygens (including phenoxy) is 1. The third-order valence-electron chi connectivity index (χ3n) is 3.76. The number of benzene rings is 2. The summed E-state index contributed by atoms with van der Waals surface area (Å²) in [7, 11) is 3.39. The number of carbonyl (C=O) groups excluding carboxylic acids is 2. The number of carbonyl (C=O) groups is 2. The van der Waals surface area contributed by atoms with E-state index in [1.807, 2.05) is 39.0 Å². The molecule has 0 N–H and O–H groups in total. The Balaban J connectivity index is 2.19. The molecule has 0 unspecified atom stereocenters. The molecule has 0 bridgehead atoms. The second kappa shape index (κ2) is 8.48. The number of aryl methyl sites for hydroxylation is 1. The van der Waals surface area contributed by atoms with Crippen molar-refractivity contribution in [1.29, 1.82) is 0 Å². The first-order valence-corrected chi connectivity index (χ1v) is 8.59. The van der Waals surface area contributed by atoms with Crippen LogP contribution in [0.3, 0.4) is 0 Å². The highest BCUT2D eigenvalue weighted by Gasteiger charge is 2.09. The molecular formula is C22H25NO3. The molecule has 26 heavy (non-hydrogen) atoms. The molecule has 0 saturated carbocycles. The molecule has 0 aromatic heterocycles. The van der Waals surface area contributed by atoms with Crippen LogP contribution in [-0.2, 0) is 0 Å². The van der Waals surface area contributed by atoms with Crippen molar-refractivity contribution in [3.63, 3.8) is 0 Å². The Kier molecular flexibility index (Phi) is 6.34. The van der Waals surface area contributed by atoms with Gasteiger partial charge in [0.15, 0.2) is 5.78 Å². The van der Waals surface area contributed by atoms with Crippen LogP contribution >= 0.6 is 0 Å². The van der Waals surface area contributed by atoms with Gasteiger partial charge in [0.05, 0.1) is 6.10 Å². The SMILES string of the molecule is Cc1ccc(OC(C)C)c(/C=C/C(=O)c2ccc(C(=O)N(C)C)cc2)c1. The highest BCUT2D eigenvalue weighted by molar-refractivity contribution is 6.07. The molecule has 1 amide bonds. The fourth-order valence-electron chi connectivity index (χ4n) is 2.46. The first-order chi connectivity index (χ1) is 12.3. The van der Waals surface area contributed by atoms with Gasteiger partial charge in [0.2, 0.25) is 0 Å². The van der Waals surface area contributed by atoms with Crippen LogP contribution in [0, 0.1) is 6.92 Å². The van der Waals surface area contributed by atoms with E-state index in [2.05, 4.69) is 0 Å². The maximum absolute atomic E-state index is 12.4. The van der Waals surface area contributed by atoms with Gasteiger partial charge in [-0.25, -0.2) is 0 Å². The molecule has 0 aliphatic carbocycles. The summed E-state index contributed by atoms with van der Waals surface area (Å²) in [4.78, 5) is 25.8. The van der Waals surface area contributed by atoms with Crippen molar-refractivity contribution in [3.8, 4) is 5.75 Å².